The largest absolute Gasteiger partial charge is 0.469 e. The number of rotatable bonds is 10. The first kappa shape index (κ1) is 23.1. The Labute approximate surface area is 162 Å². The molecule has 0 unspecified atom stereocenters. The number of benzene rings is 1. The van der Waals surface area contributed by atoms with Crippen molar-refractivity contribution in [3.05, 3.63) is 29.8 Å². The Hall–Kier alpha value is -1.93. The summed E-state index contributed by atoms with van der Waals surface area (Å²) in [4.78, 5) is 26.0. The molecule has 0 saturated carbocycles. The third-order valence-electron chi connectivity index (χ3n) is 4.13. The average molecular weight is 399 g/mol. The number of hydrogen-bond donors (Lipinski definition) is 0. The summed E-state index contributed by atoms with van der Waals surface area (Å²) in [6.45, 7) is 9.05. The van der Waals surface area contributed by atoms with Gasteiger partial charge in [-0.1, -0.05) is 27.7 Å². The summed E-state index contributed by atoms with van der Waals surface area (Å²) in [7, 11) is -2.25. The molecule has 0 spiro atoms. The van der Waals surface area contributed by atoms with E-state index in [4.69, 9.17) is 0 Å². The highest BCUT2D eigenvalue weighted by atomic mass is 32.2. The van der Waals surface area contributed by atoms with Gasteiger partial charge in [0.2, 0.25) is 10.0 Å². The van der Waals surface area contributed by atoms with Crippen molar-refractivity contribution in [2.45, 2.75) is 39.0 Å². The van der Waals surface area contributed by atoms with Crippen LogP contribution in [0, 0.1) is 5.92 Å². The molecule has 152 valence electrons. The number of sulfonamides is 1. The second-order valence-corrected chi connectivity index (χ2v) is 8.52. The van der Waals surface area contributed by atoms with Crippen LogP contribution in [0.1, 0.15) is 44.5 Å². The third-order valence-corrected chi connectivity index (χ3v) is 6.19. The molecule has 0 bridgehead atoms. The maximum absolute atomic E-state index is 12.8. The van der Waals surface area contributed by atoms with Crippen molar-refractivity contribution < 1.29 is 22.7 Å². The standard InChI is InChI=1S/C19H30N2O5S/c1-6-21(7-2)27(24,25)17-10-8-16(9-11-17)19(23)20(14-15(3)4)13-12-18(22)26-5/h8-11,15H,6-7,12-14H2,1-5H3. The van der Waals surface area contributed by atoms with Crippen LogP contribution in [-0.2, 0) is 19.6 Å². The van der Waals surface area contributed by atoms with Crippen molar-refractivity contribution in [2.24, 2.45) is 5.92 Å². The van der Waals surface area contributed by atoms with Gasteiger partial charge in [0, 0.05) is 31.7 Å². The molecule has 1 rings (SSSR count). The predicted octanol–water partition coefficient (Wildman–Crippen LogP) is 2.38. The summed E-state index contributed by atoms with van der Waals surface area (Å²) in [5.41, 5.74) is 0.388. The molecule has 0 heterocycles. The van der Waals surface area contributed by atoms with Crippen LogP contribution >= 0.6 is 0 Å². The maximum Gasteiger partial charge on any atom is 0.307 e. The van der Waals surface area contributed by atoms with E-state index in [1.54, 1.807) is 18.7 Å². The Balaban J connectivity index is 3.02. The first-order valence-corrected chi connectivity index (χ1v) is 10.6. The smallest absolute Gasteiger partial charge is 0.307 e. The Morgan fingerprint density at radius 1 is 1.07 bits per heavy atom. The number of amides is 1. The second kappa shape index (κ2) is 10.4. The van der Waals surface area contributed by atoms with E-state index in [2.05, 4.69) is 4.74 Å². The normalized spacial score (nSPS) is 11.7. The van der Waals surface area contributed by atoms with Gasteiger partial charge >= 0.3 is 5.97 Å². The van der Waals surface area contributed by atoms with Crippen LogP contribution in [0.2, 0.25) is 0 Å². The van der Waals surface area contributed by atoms with Crippen LogP contribution in [0.15, 0.2) is 29.2 Å². The minimum atomic E-state index is -3.56. The third kappa shape index (κ3) is 6.32. The molecule has 0 saturated heterocycles. The first-order valence-electron chi connectivity index (χ1n) is 9.13. The molecule has 0 atom stereocenters. The lowest BCUT2D eigenvalue weighted by Gasteiger charge is -2.24. The fraction of sp³-hybridized carbons (Fsp3) is 0.579. The maximum atomic E-state index is 12.8. The zero-order valence-corrected chi connectivity index (χ0v) is 17.6. The molecule has 27 heavy (non-hydrogen) atoms. The Morgan fingerprint density at radius 3 is 2.07 bits per heavy atom. The van der Waals surface area contributed by atoms with Gasteiger partial charge in [0.25, 0.3) is 5.91 Å². The Bertz CT molecular complexity index is 725. The van der Waals surface area contributed by atoms with Gasteiger partial charge in [-0.3, -0.25) is 9.59 Å². The molecule has 1 aromatic rings. The van der Waals surface area contributed by atoms with E-state index in [1.165, 1.54) is 35.7 Å². The quantitative estimate of drug-likeness (QED) is 0.565. The average Bonchev–Trinajstić information content (AvgIpc) is 2.64. The minimum Gasteiger partial charge on any atom is -0.469 e. The molecule has 0 aliphatic rings. The number of carbonyl (C=O) groups is 2. The summed E-state index contributed by atoms with van der Waals surface area (Å²) < 4.78 is 31.1. The molecule has 1 amide bonds. The monoisotopic (exact) mass is 398 g/mol. The molecule has 0 fully saturated rings. The zero-order valence-electron chi connectivity index (χ0n) is 16.8. The Morgan fingerprint density at radius 2 is 1.63 bits per heavy atom. The molecule has 0 aromatic heterocycles. The second-order valence-electron chi connectivity index (χ2n) is 6.58. The van der Waals surface area contributed by atoms with Crippen LogP contribution in [0.3, 0.4) is 0 Å². The first-order chi connectivity index (χ1) is 12.7. The number of methoxy groups -OCH3 is 1. The molecule has 0 aliphatic heterocycles. The molecule has 0 aliphatic carbocycles. The predicted molar refractivity (Wildman–Crippen MR) is 104 cm³/mol. The minimum absolute atomic E-state index is 0.114. The highest BCUT2D eigenvalue weighted by Crippen LogP contribution is 2.17. The molecule has 0 radical (unpaired) electrons. The number of esters is 1. The molecule has 8 heteroatoms. The fourth-order valence-electron chi connectivity index (χ4n) is 2.71. The van der Waals surface area contributed by atoms with Crippen LogP contribution in [-0.4, -0.2) is 62.8 Å². The van der Waals surface area contributed by atoms with Crippen molar-refractivity contribution in [3.8, 4) is 0 Å². The molecule has 7 nitrogen and oxygen atoms in total. The molecular weight excluding hydrogens is 368 g/mol. The van der Waals surface area contributed by atoms with Gasteiger partial charge in [0.1, 0.15) is 0 Å². The lowest BCUT2D eigenvalue weighted by atomic mass is 10.1. The van der Waals surface area contributed by atoms with Gasteiger partial charge in [-0.25, -0.2) is 8.42 Å². The van der Waals surface area contributed by atoms with E-state index in [0.717, 1.165) is 0 Å². The van der Waals surface area contributed by atoms with Crippen molar-refractivity contribution in [2.75, 3.05) is 33.3 Å². The van der Waals surface area contributed by atoms with Gasteiger partial charge in [-0.15, -0.1) is 0 Å². The topological polar surface area (TPSA) is 84.0 Å². The van der Waals surface area contributed by atoms with E-state index < -0.39 is 10.0 Å². The SMILES string of the molecule is CCN(CC)S(=O)(=O)c1ccc(C(=O)N(CCC(=O)OC)CC(C)C)cc1. The zero-order chi connectivity index (χ0) is 20.6. The summed E-state index contributed by atoms with van der Waals surface area (Å²) in [6, 6.07) is 5.94. The van der Waals surface area contributed by atoms with Crippen LogP contribution in [0.4, 0.5) is 0 Å². The lowest BCUT2D eigenvalue weighted by Crippen LogP contribution is -2.36. The van der Waals surface area contributed by atoms with E-state index >= 15 is 0 Å². The van der Waals surface area contributed by atoms with E-state index in [0.29, 0.717) is 25.2 Å². The number of carbonyl (C=O) groups excluding carboxylic acids is 2. The Kier molecular flexibility index (Phi) is 8.92. The highest BCUT2D eigenvalue weighted by Gasteiger charge is 2.23. The molecule has 1 aromatic carbocycles. The summed E-state index contributed by atoms with van der Waals surface area (Å²) >= 11 is 0. The highest BCUT2D eigenvalue weighted by molar-refractivity contribution is 7.89. The van der Waals surface area contributed by atoms with Gasteiger partial charge < -0.3 is 9.64 Å². The van der Waals surface area contributed by atoms with Gasteiger partial charge in [0.15, 0.2) is 0 Å². The van der Waals surface area contributed by atoms with Crippen molar-refractivity contribution in [3.63, 3.8) is 0 Å². The molecular formula is C19H30N2O5S. The van der Waals surface area contributed by atoms with Crippen molar-refractivity contribution in [1.29, 1.82) is 0 Å². The number of nitrogens with zero attached hydrogens (tertiary/aromatic N) is 2. The summed E-state index contributed by atoms with van der Waals surface area (Å²) in [5.74, 6) is -0.384. The van der Waals surface area contributed by atoms with Crippen LogP contribution < -0.4 is 0 Å². The van der Waals surface area contributed by atoms with E-state index in [-0.39, 0.29) is 35.7 Å². The van der Waals surface area contributed by atoms with Gasteiger partial charge in [-0.2, -0.15) is 4.31 Å². The van der Waals surface area contributed by atoms with E-state index in [1.807, 2.05) is 13.8 Å². The lowest BCUT2D eigenvalue weighted by molar-refractivity contribution is -0.140. The van der Waals surface area contributed by atoms with E-state index in [9.17, 15) is 18.0 Å². The fourth-order valence-corrected chi connectivity index (χ4v) is 4.17. The van der Waals surface area contributed by atoms with Crippen LogP contribution in [0.25, 0.3) is 0 Å². The van der Waals surface area contributed by atoms with Crippen LogP contribution in [0.5, 0.6) is 0 Å². The van der Waals surface area contributed by atoms with Gasteiger partial charge in [-0.05, 0) is 30.2 Å². The van der Waals surface area contributed by atoms with Crippen molar-refractivity contribution in [1.82, 2.24) is 9.21 Å². The van der Waals surface area contributed by atoms with Crippen molar-refractivity contribution >= 4 is 21.9 Å². The number of hydrogen-bond acceptors (Lipinski definition) is 5. The summed E-state index contributed by atoms with van der Waals surface area (Å²) in [5, 5.41) is 0. The number of ether oxygens (including phenoxy) is 1. The molecule has 0 N–H and O–H groups in total. The van der Waals surface area contributed by atoms with Gasteiger partial charge in [0.05, 0.1) is 18.4 Å². The summed E-state index contributed by atoms with van der Waals surface area (Å²) in [6.07, 6.45) is 0.114.